The minimum Gasteiger partial charge on any atom is -0.427 e. The summed E-state index contributed by atoms with van der Waals surface area (Å²) in [6, 6.07) is 13.2. The van der Waals surface area contributed by atoms with Gasteiger partial charge in [-0.05, 0) is 54.6 Å². The number of nitrogens with one attached hydrogen (secondary N) is 2. The molecule has 3 rings (SSSR count). The molecule has 0 radical (unpaired) electrons. The third-order valence-corrected chi connectivity index (χ3v) is 4.94. The maximum absolute atomic E-state index is 12.4. The minimum absolute atomic E-state index is 0.00585. The van der Waals surface area contributed by atoms with Gasteiger partial charge in [0, 0.05) is 30.6 Å². The lowest BCUT2D eigenvalue weighted by atomic mass is 10.2. The van der Waals surface area contributed by atoms with Gasteiger partial charge >= 0.3 is 5.97 Å². The Bertz CT molecular complexity index is 1120. The van der Waals surface area contributed by atoms with Crippen molar-refractivity contribution in [2.45, 2.75) is 11.8 Å². The molecule has 0 aliphatic rings. The number of esters is 1. The van der Waals surface area contributed by atoms with E-state index < -0.39 is 21.9 Å². The van der Waals surface area contributed by atoms with Crippen molar-refractivity contribution in [1.82, 2.24) is 9.97 Å². The fourth-order valence-corrected chi connectivity index (χ4v) is 3.25. The molecule has 0 saturated heterocycles. The van der Waals surface area contributed by atoms with Crippen LogP contribution in [0.15, 0.2) is 71.9 Å². The van der Waals surface area contributed by atoms with Gasteiger partial charge in [0.05, 0.1) is 4.90 Å². The number of sulfonamides is 1. The van der Waals surface area contributed by atoms with E-state index in [1.54, 1.807) is 6.07 Å². The highest BCUT2D eigenvalue weighted by Crippen LogP contribution is 2.18. The zero-order valence-corrected chi connectivity index (χ0v) is 16.0. The summed E-state index contributed by atoms with van der Waals surface area (Å²) in [6.07, 6.45) is 2.84. The number of amides is 1. The number of nitrogens with zero attached hydrogens (tertiary/aromatic N) is 2. The molecule has 0 bridgehead atoms. The van der Waals surface area contributed by atoms with Crippen LogP contribution in [-0.2, 0) is 14.8 Å². The highest BCUT2D eigenvalue weighted by atomic mass is 32.2. The molecule has 0 saturated carbocycles. The van der Waals surface area contributed by atoms with Gasteiger partial charge in [0.25, 0.3) is 15.9 Å². The first-order chi connectivity index (χ1) is 13.8. The van der Waals surface area contributed by atoms with Crippen LogP contribution in [0.4, 0.5) is 11.6 Å². The minimum atomic E-state index is -3.85. The van der Waals surface area contributed by atoms with Crippen molar-refractivity contribution in [2.75, 3.05) is 10.0 Å². The first-order valence-corrected chi connectivity index (χ1v) is 9.81. The SMILES string of the molecule is CC(=O)Oc1ccc(C(=O)Nc2ccc(S(=O)(=O)Nc3ncccn3)cc2)cc1. The quantitative estimate of drug-likeness (QED) is 0.470. The van der Waals surface area contributed by atoms with E-state index in [0.717, 1.165) is 0 Å². The van der Waals surface area contributed by atoms with Gasteiger partial charge in [-0.25, -0.2) is 23.1 Å². The Labute approximate surface area is 166 Å². The number of benzene rings is 2. The van der Waals surface area contributed by atoms with E-state index in [0.29, 0.717) is 17.0 Å². The zero-order valence-electron chi connectivity index (χ0n) is 15.2. The van der Waals surface area contributed by atoms with Crippen LogP contribution in [0.1, 0.15) is 17.3 Å². The molecule has 2 N–H and O–H groups in total. The average molecular weight is 412 g/mol. The normalized spacial score (nSPS) is 10.8. The summed E-state index contributed by atoms with van der Waals surface area (Å²) in [5.74, 6) is -0.558. The molecular formula is C19H16N4O5S. The van der Waals surface area contributed by atoms with E-state index in [9.17, 15) is 18.0 Å². The molecule has 1 heterocycles. The number of hydrogen-bond donors (Lipinski definition) is 2. The van der Waals surface area contributed by atoms with Gasteiger partial charge < -0.3 is 10.1 Å². The highest BCUT2D eigenvalue weighted by Gasteiger charge is 2.15. The lowest BCUT2D eigenvalue weighted by Crippen LogP contribution is -2.15. The van der Waals surface area contributed by atoms with Crippen molar-refractivity contribution in [3.05, 3.63) is 72.6 Å². The molecule has 0 unspecified atom stereocenters. The molecule has 2 aromatic carbocycles. The number of ether oxygens (including phenoxy) is 1. The summed E-state index contributed by atoms with van der Waals surface area (Å²) in [5.41, 5.74) is 0.759. The van der Waals surface area contributed by atoms with Crippen LogP contribution >= 0.6 is 0 Å². The molecule has 1 amide bonds. The van der Waals surface area contributed by atoms with Gasteiger partial charge in [-0.3, -0.25) is 9.59 Å². The Morgan fingerprint density at radius 2 is 1.55 bits per heavy atom. The number of anilines is 2. The summed E-state index contributed by atoms with van der Waals surface area (Å²) < 4.78 is 31.9. The van der Waals surface area contributed by atoms with Gasteiger partial charge in [0.1, 0.15) is 5.75 Å². The Morgan fingerprint density at radius 1 is 0.931 bits per heavy atom. The zero-order chi connectivity index (χ0) is 20.9. The Hall–Kier alpha value is -3.79. The van der Waals surface area contributed by atoms with E-state index in [2.05, 4.69) is 20.0 Å². The van der Waals surface area contributed by atoms with E-state index in [1.165, 1.54) is 67.8 Å². The Kier molecular flexibility index (Phi) is 5.84. The molecule has 0 aliphatic carbocycles. The number of aromatic nitrogens is 2. The third-order valence-electron chi connectivity index (χ3n) is 3.59. The van der Waals surface area contributed by atoms with Crippen molar-refractivity contribution in [3.8, 4) is 5.75 Å². The lowest BCUT2D eigenvalue weighted by Gasteiger charge is -2.09. The van der Waals surface area contributed by atoms with E-state index >= 15 is 0 Å². The average Bonchev–Trinajstić information content (AvgIpc) is 2.69. The second-order valence-electron chi connectivity index (χ2n) is 5.77. The summed E-state index contributed by atoms with van der Waals surface area (Å²) in [4.78, 5) is 30.8. The first kappa shape index (κ1) is 20.0. The second kappa shape index (κ2) is 8.48. The summed E-state index contributed by atoms with van der Waals surface area (Å²) in [7, 11) is -3.85. The van der Waals surface area contributed by atoms with E-state index in [4.69, 9.17) is 4.74 Å². The van der Waals surface area contributed by atoms with Crippen molar-refractivity contribution in [3.63, 3.8) is 0 Å². The van der Waals surface area contributed by atoms with Gasteiger partial charge in [-0.2, -0.15) is 0 Å². The Balaban J connectivity index is 1.67. The van der Waals surface area contributed by atoms with Crippen LogP contribution < -0.4 is 14.8 Å². The molecule has 9 nitrogen and oxygen atoms in total. The number of carbonyl (C=O) groups excluding carboxylic acids is 2. The molecule has 10 heteroatoms. The monoisotopic (exact) mass is 412 g/mol. The molecule has 0 fully saturated rings. The summed E-state index contributed by atoms with van der Waals surface area (Å²) >= 11 is 0. The maximum Gasteiger partial charge on any atom is 0.308 e. The van der Waals surface area contributed by atoms with Crippen molar-refractivity contribution >= 4 is 33.5 Å². The molecule has 29 heavy (non-hydrogen) atoms. The largest absolute Gasteiger partial charge is 0.427 e. The molecule has 148 valence electrons. The molecule has 0 aliphatic heterocycles. The fourth-order valence-electron chi connectivity index (χ4n) is 2.29. The van der Waals surface area contributed by atoms with Gasteiger partial charge in [0.15, 0.2) is 0 Å². The third kappa shape index (κ3) is 5.36. The van der Waals surface area contributed by atoms with Crippen LogP contribution in [0.25, 0.3) is 0 Å². The second-order valence-corrected chi connectivity index (χ2v) is 7.46. The summed E-state index contributed by atoms with van der Waals surface area (Å²) in [6.45, 7) is 1.28. The summed E-state index contributed by atoms with van der Waals surface area (Å²) in [5, 5.41) is 2.66. The van der Waals surface area contributed by atoms with Crippen LogP contribution in [0.3, 0.4) is 0 Å². The topological polar surface area (TPSA) is 127 Å². The van der Waals surface area contributed by atoms with Crippen molar-refractivity contribution in [1.29, 1.82) is 0 Å². The predicted octanol–water partition coefficient (Wildman–Crippen LogP) is 2.46. The molecule has 3 aromatic rings. The predicted molar refractivity (Wildman–Crippen MR) is 105 cm³/mol. The lowest BCUT2D eigenvalue weighted by molar-refractivity contribution is -0.131. The van der Waals surface area contributed by atoms with Gasteiger partial charge in [-0.15, -0.1) is 0 Å². The smallest absolute Gasteiger partial charge is 0.308 e. The van der Waals surface area contributed by atoms with Gasteiger partial charge in [-0.1, -0.05) is 0 Å². The van der Waals surface area contributed by atoms with Crippen LogP contribution in [-0.4, -0.2) is 30.3 Å². The molecular weight excluding hydrogens is 396 g/mol. The molecule has 0 spiro atoms. The molecule has 0 atom stereocenters. The standard InChI is InChI=1S/C19H16N4O5S/c1-13(24)28-16-7-3-14(4-8-16)18(25)22-15-5-9-17(10-6-15)29(26,27)23-19-20-11-2-12-21-19/h2-12H,1H3,(H,22,25)(H,20,21,23). The highest BCUT2D eigenvalue weighted by molar-refractivity contribution is 7.92. The van der Waals surface area contributed by atoms with Crippen molar-refractivity contribution < 1.29 is 22.7 Å². The van der Waals surface area contributed by atoms with Crippen LogP contribution in [0.5, 0.6) is 5.75 Å². The Morgan fingerprint density at radius 3 is 2.14 bits per heavy atom. The van der Waals surface area contributed by atoms with Gasteiger partial charge in [0.2, 0.25) is 5.95 Å². The number of carbonyl (C=O) groups is 2. The van der Waals surface area contributed by atoms with E-state index in [1.807, 2.05) is 0 Å². The van der Waals surface area contributed by atoms with Crippen LogP contribution in [0.2, 0.25) is 0 Å². The first-order valence-electron chi connectivity index (χ1n) is 8.33. The number of hydrogen-bond acceptors (Lipinski definition) is 7. The van der Waals surface area contributed by atoms with Crippen LogP contribution in [0, 0.1) is 0 Å². The van der Waals surface area contributed by atoms with E-state index in [-0.39, 0.29) is 10.8 Å². The van der Waals surface area contributed by atoms with Crippen molar-refractivity contribution in [2.24, 2.45) is 0 Å². The fraction of sp³-hybridized carbons (Fsp3) is 0.0526. The number of rotatable bonds is 6. The maximum atomic E-state index is 12.4. The molecule has 1 aromatic heterocycles.